The van der Waals surface area contributed by atoms with Crippen LogP contribution >= 0.6 is 0 Å². The third kappa shape index (κ3) is 4.86. The summed E-state index contributed by atoms with van der Waals surface area (Å²) >= 11 is 0. The van der Waals surface area contributed by atoms with Crippen LogP contribution in [0.2, 0.25) is 0 Å². The van der Waals surface area contributed by atoms with Gasteiger partial charge in [-0.15, -0.1) is 0 Å². The van der Waals surface area contributed by atoms with E-state index in [1.807, 2.05) is 56.3 Å². The summed E-state index contributed by atoms with van der Waals surface area (Å²) in [7, 11) is 0. The monoisotopic (exact) mass is 416 g/mol. The van der Waals surface area contributed by atoms with Crippen molar-refractivity contribution in [3.05, 3.63) is 83.4 Å². The number of amides is 2. The molecule has 0 saturated carbocycles. The van der Waals surface area contributed by atoms with Gasteiger partial charge in [-0.1, -0.05) is 29.8 Å². The second-order valence-corrected chi connectivity index (χ2v) is 7.51. The van der Waals surface area contributed by atoms with Crippen molar-refractivity contribution in [1.82, 2.24) is 0 Å². The van der Waals surface area contributed by atoms with Crippen LogP contribution in [0.25, 0.3) is 0 Å². The molecule has 158 valence electrons. The molecule has 3 aromatic carbocycles. The summed E-state index contributed by atoms with van der Waals surface area (Å²) in [5, 5.41) is 2.88. The van der Waals surface area contributed by atoms with Gasteiger partial charge in [0, 0.05) is 17.3 Å². The summed E-state index contributed by atoms with van der Waals surface area (Å²) in [6.07, 6.45) is 0. The molecular formula is C25H24N2O4. The van der Waals surface area contributed by atoms with Gasteiger partial charge in [0.15, 0.2) is 6.61 Å². The summed E-state index contributed by atoms with van der Waals surface area (Å²) < 4.78 is 11.4. The van der Waals surface area contributed by atoms with Gasteiger partial charge in [0.1, 0.15) is 18.1 Å². The number of nitrogens with one attached hydrogen (secondary N) is 1. The molecule has 0 radical (unpaired) electrons. The topological polar surface area (TPSA) is 67.9 Å². The first-order valence-corrected chi connectivity index (χ1v) is 10.1. The second kappa shape index (κ2) is 8.92. The fourth-order valence-electron chi connectivity index (χ4n) is 3.48. The Balaban J connectivity index is 1.44. The summed E-state index contributed by atoms with van der Waals surface area (Å²) in [6.45, 7) is 4.66. The van der Waals surface area contributed by atoms with Gasteiger partial charge in [0.05, 0.1) is 12.2 Å². The molecule has 1 heterocycles. The molecule has 0 bridgehead atoms. The van der Waals surface area contributed by atoms with Crippen molar-refractivity contribution in [3.8, 4) is 11.5 Å². The zero-order valence-corrected chi connectivity index (χ0v) is 17.6. The van der Waals surface area contributed by atoms with Crippen molar-refractivity contribution in [3.63, 3.8) is 0 Å². The van der Waals surface area contributed by atoms with Gasteiger partial charge in [-0.3, -0.25) is 9.59 Å². The molecule has 6 nitrogen and oxygen atoms in total. The van der Waals surface area contributed by atoms with Crippen molar-refractivity contribution in [1.29, 1.82) is 0 Å². The summed E-state index contributed by atoms with van der Waals surface area (Å²) in [4.78, 5) is 26.6. The van der Waals surface area contributed by atoms with Gasteiger partial charge in [0.2, 0.25) is 0 Å². The fraction of sp³-hybridized carbons (Fsp3) is 0.200. The smallest absolute Gasteiger partial charge is 0.265 e. The van der Waals surface area contributed by atoms with Crippen molar-refractivity contribution in [2.75, 3.05) is 30.0 Å². The summed E-state index contributed by atoms with van der Waals surface area (Å²) in [5.74, 6) is 1.00. The average Bonchev–Trinajstić information content (AvgIpc) is 2.75. The number of hydrogen-bond acceptors (Lipinski definition) is 4. The first-order valence-electron chi connectivity index (χ1n) is 10.1. The highest BCUT2D eigenvalue weighted by Crippen LogP contribution is 2.34. The lowest BCUT2D eigenvalue weighted by Gasteiger charge is -2.29. The molecular weight excluding hydrogens is 392 g/mol. The molecule has 3 aromatic rings. The van der Waals surface area contributed by atoms with E-state index in [1.165, 1.54) is 0 Å². The summed E-state index contributed by atoms with van der Waals surface area (Å²) in [5.41, 5.74) is 3.99. The quantitative estimate of drug-likeness (QED) is 0.648. The highest BCUT2D eigenvalue weighted by atomic mass is 16.5. The third-order valence-corrected chi connectivity index (χ3v) is 5.01. The van der Waals surface area contributed by atoms with E-state index >= 15 is 0 Å². The number of anilines is 2. The fourth-order valence-corrected chi connectivity index (χ4v) is 3.48. The van der Waals surface area contributed by atoms with Crippen LogP contribution in [0.5, 0.6) is 11.5 Å². The number of carbonyl (C=O) groups is 2. The van der Waals surface area contributed by atoms with Crippen LogP contribution in [-0.4, -0.2) is 31.6 Å². The Hall–Kier alpha value is -3.80. The zero-order valence-electron chi connectivity index (χ0n) is 17.6. The molecule has 0 spiro atoms. The molecule has 1 aliphatic rings. The Kier molecular flexibility index (Phi) is 5.89. The van der Waals surface area contributed by atoms with Gasteiger partial charge in [-0.2, -0.15) is 0 Å². The number of ether oxygens (including phenoxy) is 2. The van der Waals surface area contributed by atoms with Crippen LogP contribution in [0.3, 0.4) is 0 Å². The largest absolute Gasteiger partial charge is 0.492 e. The molecule has 0 aromatic heterocycles. The number of hydrogen-bond donors (Lipinski definition) is 1. The van der Waals surface area contributed by atoms with E-state index in [0.29, 0.717) is 35.8 Å². The van der Waals surface area contributed by atoms with Gasteiger partial charge < -0.3 is 19.7 Å². The molecule has 0 saturated heterocycles. The predicted octanol–water partition coefficient (Wildman–Crippen LogP) is 4.36. The minimum Gasteiger partial charge on any atom is -0.492 e. The lowest BCUT2D eigenvalue weighted by Crippen LogP contribution is -2.41. The van der Waals surface area contributed by atoms with Crippen molar-refractivity contribution in [2.45, 2.75) is 13.8 Å². The van der Waals surface area contributed by atoms with Crippen molar-refractivity contribution >= 4 is 23.2 Å². The van der Waals surface area contributed by atoms with Crippen LogP contribution in [0.1, 0.15) is 21.5 Å². The maximum atomic E-state index is 12.5. The van der Waals surface area contributed by atoms with Gasteiger partial charge in [-0.25, -0.2) is 0 Å². The minimum absolute atomic E-state index is 0.0489. The number of benzene rings is 3. The molecule has 31 heavy (non-hydrogen) atoms. The highest BCUT2D eigenvalue weighted by Gasteiger charge is 2.26. The lowest BCUT2D eigenvalue weighted by molar-refractivity contribution is -0.121. The normalized spacial score (nSPS) is 12.7. The molecule has 1 N–H and O–H groups in total. The van der Waals surface area contributed by atoms with Crippen LogP contribution in [0.4, 0.5) is 11.4 Å². The first kappa shape index (κ1) is 20.5. The Morgan fingerprint density at radius 2 is 1.81 bits per heavy atom. The zero-order chi connectivity index (χ0) is 21.8. The Morgan fingerprint density at radius 3 is 2.58 bits per heavy atom. The van der Waals surface area contributed by atoms with E-state index in [0.717, 1.165) is 16.9 Å². The lowest BCUT2D eigenvalue weighted by atomic mass is 10.1. The molecule has 0 fully saturated rings. The van der Waals surface area contributed by atoms with Gasteiger partial charge >= 0.3 is 0 Å². The molecule has 0 aliphatic carbocycles. The van der Waals surface area contributed by atoms with Crippen LogP contribution in [0.15, 0.2) is 66.7 Å². The number of rotatable bonds is 6. The molecule has 4 rings (SSSR count). The Bertz CT molecular complexity index is 1130. The third-order valence-electron chi connectivity index (χ3n) is 5.01. The SMILES string of the molecule is Cc1cccc(OCCN2C(=O)COc3cc(NC(=O)c4cccc(C)c4)ccc32)c1. The molecule has 0 unspecified atom stereocenters. The van der Waals surface area contributed by atoms with E-state index in [4.69, 9.17) is 9.47 Å². The number of fused-ring (bicyclic) bond motifs is 1. The molecule has 6 heteroatoms. The van der Waals surface area contributed by atoms with Crippen LogP contribution in [0, 0.1) is 13.8 Å². The number of nitrogens with zero attached hydrogens (tertiary/aromatic N) is 1. The Labute approximate surface area is 181 Å². The molecule has 2 amide bonds. The van der Waals surface area contributed by atoms with E-state index < -0.39 is 0 Å². The minimum atomic E-state index is -0.195. The molecule has 1 aliphatic heterocycles. The maximum absolute atomic E-state index is 12.5. The number of carbonyl (C=O) groups excluding carboxylic acids is 2. The highest BCUT2D eigenvalue weighted by molar-refractivity contribution is 6.05. The second-order valence-electron chi connectivity index (χ2n) is 7.51. The van der Waals surface area contributed by atoms with Crippen LogP contribution < -0.4 is 19.7 Å². The standard InChI is InChI=1S/C25H24N2O4/c1-17-5-3-7-19(13-17)25(29)26-20-9-10-22-23(15-20)31-16-24(28)27(22)11-12-30-21-8-4-6-18(2)14-21/h3-10,13-15H,11-12,16H2,1-2H3,(H,26,29). The van der Waals surface area contributed by atoms with E-state index in [-0.39, 0.29) is 18.4 Å². The first-order chi connectivity index (χ1) is 15.0. The molecule has 0 atom stereocenters. The average molecular weight is 416 g/mol. The predicted molar refractivity (Wildman–Crippen MR) is 120 cm³/mol. The van der Waals surface area contributed by atoms with E-state index in [9.17, 15) is 9.59 Å². The van der Waals surface area contributed by atoms with Gasteiger partial charge in [-0.05, 0) is 55.8 Å². The van der Waals surface area contributed by atoms with Crippen LogP contribution in [-0.2, 0) is 4.79 Å². The van der Waals surface area contributed by atoms with Gasteiger partial charge in [0.25, 0.3) is 11.8 Å². The number of aryl methyl sites for hydroxylation is 2. The van der Waals surface area contributed by atoms with E-state index in [2.05, 4.69) is 5.32 Å². The van der Waals surface area contributed by atoms with Crippen molar-refractivity contribution < 1.29 is 19.1 Å². The van der Waals surface area contributed by atoms with Crippen molar-refractivity contribution in [2.24, 2.45) is 0 Å². The summed E-state index contributed by atoms with van der Waals surface area (Å²) in [6, 6.07) is 20.5. The Morgan fingerprint density at radius 1 is 1.03 bits per heavy atom. The maximum Gasteiger partial charge on any atom is 0.265 e. The van der Waals surface area contributed by atoms with E-state index in [1.54, 1.807) is 29.2 Å².